The van der Waals surface area contributed by atoms with Crippen LogP contribution in [0.25, 0.3) is 0 Å². The van der Waals surface area contributed by atoms with Crippen LogP contribution in [0.1, 0.15) is 36.5 Å². The van der Waals surface area contributed by atoms with E-state index in [9.17, 15) is 24.1 Å². The zero-order valence-electron chi connectivity index (χ0n) is 12.6. The first kappa shape index (κ1) is 17.0. The molecule has 1 N–H and O–H groups in total. The minimum absolute atomic E-state index is 0.0134. The predicted molar refractivity (Wildman–Crippen MR) is 78.6 cm³/mol. The molecule has 1 saturated carbocycles. The third kappa shape index (κ3) is 4.56. The van der Waals surface area contributed by atoms with Gasteiger partial charge in [0.05, 0.1) is 24.0 Å². The van der Waals surface area contributed by atoms with E-state index in [1.807, 2.05) is 0 Å². The molecule has 1 fully saturated rings. The SMILES string of the molecule is CCOC(=O)CC(NC1CC1)C(=O)c1ccc(F)c([N+](=O)[O-])c1. The summed E-state index contributed by atoms with van der Waals surface area (Å²) in [6, 6.07) is 2.26. The van der Waals surface area contributed by atoms with Gasteiger partial charge in [-0.25, -0.2) is 0 Å². The van der Waals surface area contributed by atoms with Crippen LogP contribution in [-0.4, -0.2) is 35.4 Å². The van der Waals surface area contributed by atoms with Crippen molar-refractivity contribution in [3.05, 3.63) is 39.7 Å². The molecule has 1 atom stereocenters. The number of nitrogens with one attached hydrogen (secondary N) is 1. The van der Waals surface area contributed by atoms with Crippen LogP contribution in [0.2, 0.25) is 0 Å². The Labute approximate surface area is 132 Å². The van der Waals surface area contributed by atoms with Gasteiger partial charge in [0.25, 0.3) is 0 Å². The lowest BCUT2D eigenvalue weighted by molar-refractivity contribution is -0.387. The van der Waals surface area contributed by atoms with Crippen molar-refractivity contribution in [2.45, 2.75) is 38.3 Å². The molecule has 1 aliphatic rings. The Morgan fingerprint density at radius 1 is 1.48 bits per heavy atom. The zero-order valence-corrected chi connectivity index (χ0v) is 12.6. The van der Waals surface area contributed by atoms with E-state index >= 15 is 0 Å². The van der Waals surface area contributed by atoms with E-state index in [4.69, 9.17) is 4.74 Å². The highest BCUT2D eigenvalue weighted by Gasteiger charge is 2.31. The topological polar surface area (TPSA) is 98.5 Å². The second-order valence-electron chi connectivity index (χ2n) is 5.29. The smallest absolute Gasteiger partial charge is 0.307 e. The van der Waals surface area contributed by atoms with E-state index in [0.717, 1.165) is 25.0 Å². The van der Waals surface area contributed by atoms with E-state index in [1.54, 1.807) is 6.92 Å². The summed E-state index contributed by atoms with van der Waals surface area (Å²) in [4.78, 5) is 34.0. The van der Waals surface area contributed by atoms with Crippen molar-refractivity contribution in [1.82, 2.24) is 5.32 Å². The van der Waals surface area contributed by atoms with Crippen LogP contribution in [0.5, 0.6) is 0 Å². The number of carbonyl (C=O) groups excluding carboxylic acids is 2. The Balaban J connectivity index is 2.20. The second-order valence-corrected chi connectivity index (χ2v) is 5.29. The van der Waals surface area contributed by atoms with Gasteiger partial charge in [-0.3, -0.25) is 19.7 Å². The summed E-state index contributed by atoms with van der Waals surface area (Å²) in [5.41, 5.74) is -0.780. The Morgan fingerprint density at radius 2 is 2.17 bits per heavy atom. The number of ether oxygens (including phenoxy) is 1. The van der Waals surface area contributed by atoms with Crippen molar-refractivity contribution in [3.8, 4) is 0 Å². The minimum Gasteiger partial charge on any atom is -0.466 e. The molecule has 7 nitrogen and oxygen atoms in total. The molecule has 0 radical (unpaired) electrons. The summed E-state index contributed by atoms with van der Waals surface area (Å²) >= 11 is 0. The predicted octanol–water partition coefficient (Wildman–Crippen LogP) is 1.99. The molecule has 1 aromatic carbocycles. The lowest BCUT2D eigenvalue weighted by Gasteiger charge is -2.16. The van der Waals surface area contributed by atoms with Crippen LogP contribution in [0.4, 0.5) is 10.1 Å². The van der Waals surface area contributed by atoms with Crippen molar-refractivity contribution in [3.63, 3.8) is 0 Å². The van der Waals surface area contributed by atoms with Gasteiger partial charge < -0.3 is 10.1 Å². The van der Waals surface area contributed by atoms with Crippen molar-refractivity contribution in [1.29, 1.82) is 0 Å². The second kappa shape index (κ2) is 7.28. The number of hydrogen-bond donors (Lipinski definition) is 1. The number of Topliss-reactive ketones (excluding diaryl/α,β-unsaturated/α-hetero) is 1. The molecule has 0 aliphatic heterocycles. The molecule has 8 heteroatoms. The van der Waals surface area contributed by atoms with Crippen LogP contribution in [0.15, 0.2) is 18.2 Å². The van der Waals surface area contributed by atoms with Gasteiger partial charge >= 0.3 is 11.7 Å². The number of rotatable bonds is 8. The molecule has 1 unspecified atom stereocenters. The maximum atomic E-state index is 13.4. The quantitative estimate of drug-likeness (QED) is 0.340. The van der Waals surface area contributed by atoms with E-state index in [1.165, 1.54) is 6.07 Å². The van der Waals surface area contributed by atoms with Crippen molar-refractivity contribution < 1.29 is 23.6 Å². The van der Waals surface area contributed by atoms with E-state index in [2.05, 4.69) is 5.32 Å². The molecule has 1 aliphatic carbocycles. The van der Waals surface area contributed by atoms with E-state index < -0.39 is 34.2 Å². The maximum Gasteiger partial charge on any atom is 0.307 e. The molecule has 0 saturated heterocycles. The lowest BCUT2D eigenvalue weighted by Crippen LogP contribution is -2.40. The van der Waals surface area contributed by atoms with Gasteiger partial charge in [-0.2, -0.15) is 4.39 Å². The highest BCUT2D eigenvalue weighted by molar-refractivity contribution is 6.02. The summed E-state index contributed by atoms with van der Waals surface area (Å²) < 4.78 is 18.2. The molecule has 0 amide bonds. The van der Waals surface area contributed by atoms with E-state index in [-0.39, 0.29) is 24.6 Å². The standard InChI is InChI=1S/C15H17FN2O5/c1-2-23-14(19)8-12(17-10-4-5-10)15(20)9-3-6-11(16)13(7-9)18(21)22/h3,6-7,10,12,17H,2,4-5,8H2,1H3. The van der Waals surface area contributed by atoms with Gasteiger partial charge in [-0.15, -0.1) is 0 Å². The van der Waals surface area contributed by atoms with Gasteiger partial charge in [0.15, 0.2) is 5.78 Å². The summed E-state index contributed by atoms with van der Waals surface area (Å²) in [6.07, 6.45) is 1.63. The highest BCUT2D eigenvalue weighted by atomic mass is 19.1. The molecule has 1 aromatic rings. The zero-order chi connectivity index (χ0) is 17.0. The van der Waals surface area contributed by atoms with Gasteiger partial charge in [0, 0.05) is 17.7 Å². The number of carbonyl (C=O) groups is 2. The minimum atomic E-state index is -1.01. The third-order valence-electron chi connectivity index (χ3n) is 3.43. The Bertz CT molecular complexity index is 630. The number of halogens is 1. The highest BCUT2D eigenvalue weighted by Crippen LogP contribution is 2.23. The first-order valence-electron chi connectivity index (χ1n) is 7.32. The summed E-state index contributed by atoms with van der Waals surface area (Å²) in [6.45, 7) is 1.86. The Hall–Kier alpha value is -2.35. The number of nitrogens with zero attached hydrogens (tertiary/aromatic N) is 1. The molecule has 0 bridgehead atoms. The summed E-state index contributed by atoms with van der Waals surface area (Å²) in [7, 11) is 0. The molecule has 0 heterocycles. The molecule has 124 valence electrons. The first-order chi connectivity index (χ1) is 10.9. The lowest BCUT2D eigenvalue weighted by atomic mass is 10.0. The van der Waals surface area contributed by atoms with Crippen LogP contribution >= 0.6 is 0 Å². The summed E-state index contributed by atoms with van der Waals surface area (Å²) in [5, 5.41) is 13.8. The van der Waals surface area contributed by atoms with Crippen LogP contribution < -0.4 is 5.32 Å². The number of nitro groups is 1. The van der Waals surface area contributed by atoms with Crippen LogP contribution in [0.3, 0.4) is 0 Å². The fraction of sp³-hybridized carbons (Fsp3) is 0.467. The number of ketones is 1. The van der Waals surface area contributed by atoms with Crippen molar-refractivity contribution in [2.24, 2.45) is 0 Å². The molecule has 0 aromatic heterocycles. The van der Waals surface area contributed by atoms with Crippen LogP contribution in [0, 0.1) is 15.9 Å². The fourth-order valence-corrected chi connectivity index (χ4v) is 2.16. The third-order valence-corrected chi connectivity index (χ3v) is 3.43. The van der Waals surface area contributed by atoms with Crippen molar-refractivity contribution >= 4 is 17.4 Å². The normalized spacial score (nSPS) is 15.0. The van der Waals surface area contributed by atoms with Crippen molar-refractivity contribution in [2.75, 3.05) is 6.61 Å². The average molecular weight is 324 g/mol. The van der Waals surface area contributed by atoms with E-state index in [0.29, 0.717) is 0 Å². The molecule has 23 heavy (non-hydrogen) atoms. The molecule has 0 spiro atoms. The number of hydrogen-bond acceptors (Lipinski definition) is 6. The van der Waals surface area contributed by atoms with Gasteiger partial charge in [0.1, 0.15) is 0 Å². The Kier molecular flexibility index (Phi) is 5.38. The molecular weight excluding hydrogens is 307 g/mol. The summed E-state index contributed by atoms with van der Waals surface area (Å²) in [5.74, 6) is -2.03. The molecule has 2 rings (SSSR count). The van der Waals surface area contributed by atoms with Gasteiger partial charge in [0.2, 0.25) is 5.82 Å². The number of esters is 1. The monoisotopic (exact) mass is 324 g/mol. The molecular formula is C15H17FN2O5. The maximum absolute atomic E-state index is 13.4. The van der Waals surface area contributed by atoms with Crippen LogP contribution in [-0.2, 0) is 9.53 Å². The Morgan fingerprint density at radius 3 is 2.74 bits per heavy atom. The van der Waals surface area contributed by atoms with Gasteiger partial charge in [-0.05, 0) is 31.9 Å². The number of benzene rings is 1. The average Bonchev–Trinajstić information content (AvgIpc) is 3.30. The van der Waals surface area contributed by atoms with Gasteiger partial charge in [-0.1, -0.05) is 0 Å². The fourth-order valence-electron chi connectivity index (χ4n) is 2.16. The first-order valence-corrected chi connectivity index (χ1v) is 7.32. The number of nitro benzene ring substituents is 1. The largest absolute Gasteiger partial charge is 0.466 e.